The molecule has 0 bridgehead atoms. The normalized spacial score (nSPS) is 11.6. The van der Waals surface area contributed by atoms with Gasteiger partial charge in [-0.25, -0.2) is 0 Å². The van der Waals surface area contributed by atoms with Crippen molar-refractivity contribution in [3.05, 3.63) is 45.6 Å². The maximum absolute atomic E-state index is 10.1. The third-order valence-electron chi connectivity index (χ3n) is 7.18. The van der Waals surface area contributed by atoms with E-state index in [0.717, 1.165) is 55.8 Å². The first-order chi connectivity index (χ1) is 15.2. The molecule has 0 saturated heterocycles. The number of ether oxygens (including phenoxy) is 3. The van der Waals surface area contributed by atoms with Crippen LogP contribution in [0.1, 0.15) is 33.4 Å². The van der Waals surface area contributed by atoms with Crippen molar-refractivity contribution in [2.24, 2.45) is 7.05 Å². The van der Waals surface area contributed by atoms with Gasteiger partial charge in [-0.3, -0.25) is 0 Å². The third kappa shape index (κ3) is 2.77. The predicted molar refractivity (Wildman–Crippen MR) is 129 cm³/mol. The Morgan fingerprint density at radius 2 is 1.31 bits per heavy atom. The van der Waals surface area contributed by atoms with Crippen molar-refractivity contribution in [2.45, 2.75) is 41.2 Å². The zero-order valence-corrected chi connectivity index (χ0v) is 20.5. The van der Waals surface area contributed by atoms with Gasteiger partial charge in [0.05, 0.1) is 44.1 Å². The fraction of sp³-hybridized carbons (Fsp3) is 0.370. The molecule has 0 radical (unpaired) electrons. The van der Waals surface area contributed by atoms with Crippen molar-refractivity contribution >= 4 is 32.4 Å². The average molecular weight is 435 g/mol. The summed E-state index contributed by atoms with van der Waals surface area (Å²) in [5, 5.41) is 15.8. The maximum atomic E-state index is 10.1. The Kier molecular flexibility index (Phi) is 5.41. The van der Waals surface area contributed by atoms with Crippen LogP contribution in [0, 0.1) is 34.6 Å². The van der Waals surface area contributed by atoms with Crippen LogP contribution in [0.15, 0.2) is 12.3 Å². The summed E-state index contributed by atoms with van der Waals surface area (Å²) < 4.78 is 19.4. The lowest BCUT2D eigenvalue weighted by Gasteiger charge is -2.21. The van der Waals surface area contributed by atoms with Crippen molar-refractivity contribution in [1.82, 2.24) is 0 Å². The van der Waals surface area contributed by atoms with Crippen molar-refractivity contribution in [1.29, 1.82) is 0 Å². The van der Waals surface area contributed by atoms with Crippen LogP contribution in [0.2, 0.25) is 0 Å². The Morgan fingerprint density at radius 3 is 1.88 bits per heavy atom. The van der Waals surface area contributed by atoms with Crippen molar-refractivity contribution in [2.75, 3.05) is 21.3 Å². The van der Waals surface area contributed by atoms with E-state index in [0.29, 0.717) is 0 Å². The number of aryl methyl sites for hydroxylation is 5. The van der Waals surface area contributed by atoms with Gasteiger partial charge in [-0.05, 0) is 68.3 Å². The van der Waals surface area contributed by atoms with Gasteiger partial charge >= 0.3 is 0 Å². The topological polar surface area (TPSA) is 51.8 Å². The average Bonchev–Trinajstić information content (AvgIpc) is 2.78. The number of nitrogens with zero attached hydrogens (tertiary/aromatic N) is 1. The van der Waals surface area contributed by atoms with Crippen molar-refractivity contribution in [3.63, 3.8) is 0 Å². The van der Waals surface area contributed by atoms with E-state index >= 15 is 0 Å². The van der Waals surface area contributed by atoms with Crippen LogP contribution in [0.5, 0.6) is 17.2 Å². The van der Waals surface area contributed by atoms with Gasteiger partial charge in [0.2, 0.25) is 5.52 Å². The van der Waals surface area contributed by atoms with Crippen LogP contribution < -0.4 is 18.8 Å². The fourth-order valence-corrected chi connectivity index (χ4v) is 5.39. The van der Waals surface area contributed by atoms with Gasteiger partial charge in [-0.2, -0.15) is 4.57 Å². The van der Waals surface area contributed by atoms with Gasteiger partial charge in [0.1, 0.15) is 12.8 Å². The van der Waals surface area contributed by atoms with Crippen LogP contribution in [0.25, 0.3) is 32.4 Å². The summed E-state index contributed by atoms with van der Waals surface area (Å²) in [4.78, 5) is 0. The maximum Gasteiger partial charge on any atom is 0.221 e. The lowest BCUT2D eigenvalue weighted by atomic mass is 9.87. The number of methoxy groups -OCH3 is 3. The number of pyridine rings is 1. The number of aliphatic hydroxyl groups excluding tert-OH is 1. The molecule has 168 valence electrons. The molecule has 0 spiro atoms. The largest absolute Gasteiger partial charge is 0.495 e. The highest BCUT2D eigenvalue weighted by molar-refractivity contribution is 6.19. The smallest absolute Gasteiger partial charge is 0.221 e. The fourth-order valence-electron chi connectivity index (χ4n) is 5.39. The minimum Gasteiger partial charge on any atom is -0.495 e. The van der Waals surface area contributed by atoms with Crippen LogP contribution in [-0.2, 0) is 13.7 Å². The van der Waals surface area contributed by atoms with Crippen molar-refractivity contribution < 1.29 is 23.9 Å². The van der Waals surface area contributed by atoms with Gasteiger partial charge in [-0.15, -0.1) is 0 Å². The Morgan fingerprint density at radius 1 is 0.719 bits per heavy atom. The summed E-state index contributed by atoms with van der Waals surface area (Å²) in [5.74, 6) is 2.23. The second-order valence-electron chi connectivity index (χ2n) is 8.58. The Hall–Kier alpha value is -3.05. The van der Waals surface area contributed by atoms with Gasteiger partial charge in [0, 0.05) is 16.5 Å². The van der Waals surface area contributed by atoms with Crippen molar-refractivity contribution in [3.8, 4) is 17.2 Å². The first-order valence-corrected chi connectivity index (χ1v) is 10.8. The Bertz CT molecular complexity index is 1420. The summed E-state index contributed by atoms with van der Waals surface area (Å²) in [6.07, 6.45) is 2.11. The molecule has 1 N–H and O–H groups in total. The SMILES string of the molecule is COc1cc2c(c(C)c1OC)c(C)c(C)c1c3c(C)c(C)c(CO)c(OC)c3c[n+](C)c21. The molecule has 5 nitrogen and oxygen atoms in total. The van der Waals surface area contributed by atoms with Crippen LogP contribution >= 0.6 is 0 Å². The molecule has 0 saturated carbocycles. The first kappa shape index (κ1) is 22.2. The lowest BCUT2D eigenvalue weighted by molar-refractivity contribution is -0.642. The molecular weight excluding hydrogens is 402 g/mol. The van der Waals surface area contributed by atoms with Crippen LogP contribution in [0.3, 0.4) is 0 Å². The summed E-state index contributed by atoms with van der Waals surface area (Å²) >= 11 is 0. The second kappa shape index (κ2) is 7.82. The molecule has 0 fully saturated rings. The zero-order valence-electron chi connectivity index (χ0n) is 20.5. The summed E-state index contributed by atoms with van der Waals surface area (Å²) in [7, 11) is 7.10. The molecule has 5 heteroatoms. The van der Waals surface area contributed by atoms with E-state index in [1.165, 1.54) is 27.3 Å². The number of rotatable bonds is 4. The number of hydrogen-bond donors (Lipinski definition) is 1. The lowest BCUT2D eigenvalue weighted by Crippen LogP contribution is -2.29. The Balaban J connectivity index is 2.40. The molecule has 4 rings (SSSR count). The van der Waals surface area contributed by atoms with E-state index in [9.17, 15) is 5.11 Å². The molecule has 1 heterocycles. The Labute approximate surface area is 189 Å². The highest BCUT2D eigenvalue weighted by atomic mass is 16.5. The number of benzene rings is 3. The number of aromatic nitrogens is 1. The van der Waals surface area contributed by atoms with Crippen LogP contribution in [-0.4, -0.2) is 26.4 Å². The van der Waals surface area contributed by atoms with E-state index in [4.69, 9.17) is 14.2 Å². The number of hydrogen-bond acceptors (Lipinski definition) is 4. The third-order valence-corrected chi connectivity index (χ3v) is 7.18. The molecule has 0 aliphatic rings. The predicted octanol–water partition coefficient (Wildman–Crippen LogP) is 5.03. The van der Waals surface area contributed by atoms with Gasteiger partial charge in [-0.1, -0.05) is 0 Å². The summed E-state index contributed by atoms with van der Waals surface area (Å²) in [5.41, 5.74) is 7.73. The van der Waals surface area contributed by atoms with E-state index < -0.39 is 0 Å². The molecule has 0 aliphatic heterocycles. The van der Waals surface area contributed by atoms with E-state index in [1.807, 2.05) is 0 Å². The molecule has 3 aromatic carbocycles. The zero-order chi connectivity index (χ0) is 23.5. The molecule has 0 amide bonds. The van der Waals surface area contributed by atoms with Gasteiger partial charge in [0.25, 0.3) is 0 Å². The minimum atomic E-state index is -0.0561. The highest BCUT2D eigenvalue weighted by Crippen LogP contribution is 2.45. The van der Waals surface area contributed by atoms with E-state index in [2.05, 4.69) is 58.5 Å². The number of fused-ring (bicyclic) bond motifs is 5. The second-order valence-corrected chi connectivity index (χ2v) is 8.58. The molecule has 0 atom stereocenters. The molecular formula is C27H32NO4+. The monoisotopic (exact) mass is 434 g/mol. The van der Waals surface area contributed by atoms with E-state index in [-0.39, 0.29) is 6.61 Å². The van der Waals surface area contributed by atoms with Gasteiger partial charge < -0.3 is 19.3 Å². The standard InChI is InChI=1S/C27H32NO4/c1-13-14(2)23-19(27(32-9)20(13)12-29)11-28(6)25-18-10-21(30-7)26(31-8)17(5)22(18)15(3)16(4)24(23)25/h10-11,29H,12H2,1-9H3/q+1. The quantitative estimate of drug-likeness (QED) is 0.362. The highest BCUT2D eigenvalue weighted by Gasteiger charge is 2.27. The molecule has 0 unspecified atom stereocenters. The summed E-state index contributed by atoms with van der Waals surface area (Å²) in [6, 6.07) is 2.09. The van der Waals surface area contributed by atoms with Gasteiger partial charge in [0.15, 0.2) is 17.7 Å². The summed E-state index contributed by atoms with van der Waals surface area (Å²) in [6.45, 7) is 10.6. The van der Waals surface area contributed by atoms with Crippen LogP contribution in [0.4, 0.5) is 0 Å². The molecule has 32 heavy (non-hydrogen) atoms. The molecule has 1 aromatic heterocycles. The minimum absolute atomic E-state index is 0.0561. The first-order valence-electron chi connectivity index (χ1n) is 10.8. The van der Waals surface area contributed by atoms with E-state index in [1.54, 1.807) is 21.3 Å². The molecule has 0 aliphatic carbocycles. The number of aliphatic hydroxyl groups is 1. The molecule has 4 aromatic rings.